The Kier molecular flexibility index (Phi) is 9.31. The van der Waals surface area contributed by atoms with Crippen LogP contribution in [0.5, 0.6) is 5.75 Å². The molecule has 0 aliphatic carbocycles. The number of hydrogen-bond acceptors (Lipinski definition) is 6. The van der Waals surface area contributed by atoms with Crippen molar-refractivity contribution in [3.05, 3.63) is 59.7 Å². The number of benzene rings is 2. The van der Waals surface area contributed by atoms with Crippen molar-refractivity contribution in [3.63, 3.8) is 0 Å². The van der Waals surface area contributed by atoms with Crippen LogP contribution in [0.2, 0.25) is 0 Å². The average molecular weight is 497 g/mol. The number of rotatable bonds is 10. The van der Waals surface area contributed by atoms with Gasteiger partial charge in [-0.25, -0.2) is 0 Å². The van der Waals surface area contributed by atoms with Crippen LogP contribution < -0.4 is 10.1 Å². The van der Waals surface area contributed by atoms with Crippen LogP contribution in [0.4, 0.5) is 5.69 Å². The van der Waals surface area contributed by atoms with Crippen LogP contribution in [-0.4, -0.2) is 71.2 Å². The summed E-state index contributed by atoms with van der Waals surface area (Å²) in [6.45, 7) is 8.30. The van der Waals surface area contributed by atoms with E-state index in [9.17, 15) is 14.4 Å². The molecular formula is C26H32N4O4S. The number of hydrogen-bond donors (Lipinski definition) is 1. The highest BCUT2D eigenvalue weighted by atomic mass is 32.2. The molecule has 0 aromatic heterocycles. The van der Waals surface area contributed by atoms with Crippen LogP contribution in [0, 0.1) is 6.92 Å². The van der Waals surface area contributed by atoms with Gasteiger partial charge in [0.1, 0.15) is 17.6 Å². The largest absolute Gasteiger partial charge is 0.492 e. The predicted octanol–water partition coefficient (Wildman–Crippen LogP) is 3.81. The van der Waals surface area contributed by atoms with Crippen molar-refractivity contribution in [1.82, 2.24) is 9.80 Å². The lowest BCUT2D eigenvalue weighted by molar-refractivity contribution is -0.121. The first kappa shape index (κ1) is 26.3. The number of aliphatic imine (C=N–C) groups is 1. The van der Waals surface area contributed by atoms with Gasteiger partial charge in [0.2, 0.25) is 5.91 Å². The Hall–Kier alpha value is -3.33. The summed E-state index contributed by atoms with van der Waals surface area (Å²) in [5.74, 6) is 0.00355. The molecule has 1 unspecified atom stereocenters. The molecule has 1 N–H and O–H groups in total. The second-order valence-corrected chi connectivity index (χ2v) is 9.40. The molecule has 8 nitrogen and oxygen atoms in total. The first-order valence-corrected chi connectivity index (χ1v) is 12.6. The Morgan fingerprint density at radius 3 is 2.51 bits per heavy atom. The van der Waals surface area contributed by atoms with Gasteiger partial charge in [-0.15, -0.1) is 0 Å². The van der Waals surface area contributed by atoms with Crippen molar-refractivity contribution < 1.29 is 19.1 Å². The van der Waals surface area contributed by atoms with E-state index in [0.29, 0.717) is 29.6 Å². The molecular weight excluding hydrogens is 464 g/mol. The number of carbonyl (C=O) groups excluding carboxylic acids is 3. The maximum atomic E-state index is 12.8. The second kappa shape index (κ2) is 12.4. The van der Waals surface area contributed by atoms with Crippen molar-refractivity contribution in [2.24, 2.45) is 4.99 Å². The summed E-state index contributed by atoms with van der Waals surface area (Å²) < 4.78 is 5.71. The third-order valence-electron chi connectivity index (χ3n) is 5.59. The zero-order chi connectivity index (χ0) is 25.4. The molecule has 0 saturated carbocycles. The van der Waals surface area contributed by atoms with Crippen LogP contribution in [0.3, 0.4) is 0 Å². The van der Waals surface area contributed by atoms with E-state index in [1.165, 1.54) is 11.8 Å². The summed E-state index contributed by atoms with van der Waals surface area (Å²) in [5.41, 5.74) is 2.12. The molecule has 0 fully saturated rings. The van der Waals surface area contributed by atoms with Gasteiger partial charge < -0.3 is 19.9 Å². The van der Waals surface area contributed by atoms with Gasteiger partial charge in [0.25, 0.3) is 11.8 Å². The van der Waals surface area contributed by atoms with Gasteiger partial charge in [-0.2, -0.15) is 4.99 Å². The van der Waals surface area contributed by atoms with Gasteiger partial charge in [-0.05, 0) is 51.1 Å². The molecule has 2 aromatic rings. The minimum atomic E-state index is -0.532. The fourth-order valence-electron chi connectivity index (χ4n) is 3.51. The summed E-state index contributed by atoms with van der Waals surface area (Å²) >= 11 is 1.33. The second-order valence-electron chi connectivity index (χ2n) is 8.23. The quantitative estimate of drug-likeness (QED) is 0.538. The Bertz CT molecular complexity index is 1080. The van der Waals surface area contributed by atoms with E-state index in [1.807, 2.05) is 49.9 Å². The highest BCUT2D eigenvalue weighted by Gasteiger charge is 2.32. The minimum Gasteiger partial charge on any atom is -0.492 e. The van der Waals surface area contributed by atoms with Crippen LogP contribution in [-0.2, 0) is 9.59 Å². The van der Waals surface area contributed by atoms with E-state index < -0.39 is 5.25 Å². The number of thioether (sulfide) groups is 1. The van der Waals surface area contributed by atoms with Gasteiger partial charge in [-0.3, -0.25) is 14.4 Å². The minimum absolute atomic E-state index is 0.0200. The zero-order valence-corrected chi connectivity index (χ0v) is 21.4. The Balaban J connectivity index is 1.50. The number of anilines is 1. The summed E-state index contributed by atoms with van der Waals surface area (Å²) in [4.78, 5) is 45.3. The molecule has 0 saturated heterocycles. The molecule has 2 aromatic carbocycles. The summed E-state index contributed by atoms with van der Waals surface area (Å²) in [7, 11) is 1.71. The van der Waals surface area contributed by atoms with E-state index >= 15 is 0 Å². The van der Waals surface area contributed by atoms with E-state index in [4.69, 9.17) is 4.74 Å². The van der Waals surface area contributed by atoms with Gasteiger partial charge in [0.15, 0.2) is 5.17 Å². The van der Waals surface area contributed by atoms with E-state index in [-0.39, 0.29) is 24.1 Å². The normalized spacial score (nSPS) is 14.9. The molecule has 1 aliphatic rings. The number of amidine groups is 1. The van der Waals surface area contributed by atoms with Gasteiger partial charge >= 0.3 is 0 Å². The predicted molar refractivity (Wildman–Crippen MR) is 140 cm³/mol. The topological polar surface area (TPSA) is 91.3 Å². The van der Waals surface area contributed by atoms with Gasteiger partial charge in [0.05, 0.1) is 6.54 Å². The number of carbonyl (C=O) groups is 3. The zero-order valence-electron chi connectivity index (χ0n) is 20.6. The highest BCUT2D eigenvalue weighted by molar-refractivity contribution is 8.15. The van der Waals surface area contributed by atoms with E-state index in [1.54, 1.807) is 36.2 Å². The van der Waals surface area contributed by atoms with E-state index in [2.05, 4.69) is 10.3 Å². The monoisotopic (exact) mass is 496 g/mol. The number of aryl methyl sites for hydroxylation is 1. The van der Waals surface area contributed by atoms with Crippen LogP contribution in [0.1, 0.15) is 36.2 Å². The lowest BCUT2D eigenvalue weighted by Crippen LogP contribution is -2.31. The molecule has 0 radical (unpaired) electrons. The molecule has 3 amide bonds. The lowest BCUT2D eigenvalue weighted by Gasteiger charge is -2.19. The molecule has 1 heterocycles. The third kappa shape index (κ3) is 7.32. The Morgan fingerprint density at radius 2 is 1.83 bits per heavy atom. The van der Waals surface area contributed by atoms with Crippen LogP contribution in [0.25, 0.3) is 0 Å². The Labute approximate surface area is 210 Å². The number of likely N-dealkylation sites (N-methyl/N-ethyl adjacent to an activating group) is 1. The molecule has 1 aliphatic heterocycles. The van der Waals surface area contributed by atoms with Crippen molar-refractivity contribution in [1.29, 1.82) is 0 Å². The maximum absolute atomic E-state index is 12.8. The number of nitrogens with zero attached hydrogens (tertiary/aromatic N) is 3. The first-order valence-electron chi connectivity index (χ1n) is 11.7. The van der Waals surface area contributed by atoms with Crippen molar-refractivity contribution in [2.45, 2.75) is 32.4 Å². The molecule has 0 bridgehead atoms. The van der Waals surface area contributed by atoms with Crippen molar-refractivity contribution >= 4 is 40.3 Å². The van der Waals surface area contributed by atoms with Crippen LogP contribution >= 0.6 is 11.8 Å². The first-order chi connectivity index (χ1) is 16.8. The summed E-state index contributed by atoms with van der Waals surface area (Å²) in [6.07, 6.45) is 0.0200. The SMILES string of the molecule is CCN(CC)C1=NC(=O)C(CC(=O)Nc2cccc(C(=O)N(C)CCOc3ccc(C)cc3)c2)S1. The molecule has 9 heteroatoms. The number of amides is 3. The number of ether oxygens (including phenoxy) is 1. The standard InChI is InChI=1S/C26H32N4O4S/c1-5-30(6-2)26-28-24(32)22(35-26)17-23(31)27-20-9-7-8-19(16-20)25(33)29(4)14-15-34-21-12-10-18(3)11-13-21/h7-13,16,22H,5-6,14-15,17H2,1-4H3,(H,27,31). The maximum Gasteiger partial charge on any atom is 0.262 e. The molecule has 0 spiro atoms. The highest BCUT2D eigenvalue weighted by Crippen LogP contribution is 2.27. The lowest BCUT2D eigenvalue weighted by atomic mass is 10.1. The fraction of sp³-hybridized carbons (Fsp3) is 0.385. The van der Waals surface area contributed by atoms with E-state index in [0.717, 1.165) is 24.4 Å². The molecule has 186 valence electrons. The molecule has 1 atom stereocenters. The molecule has 35 heavy (non-hydrogen) atoms. The van der Waals surface area contributed by atoms with Gasteiger partial charge in [-0.1, -0.05) is 35.5 Å². The molecule has 3 rings (SSSR count). The van der Waals surface area contributed by atoms with Crippen LogP contribution in [0.15, 0.2) is 53.5 Å². The fourth-order valence-corrected chi connectivity index (χ4v) is 4.70. The average Bonchev–Trinajstić information content (AvgIpc) is 3.20. The third-order valence-corrected chi connectivity index (χ3v) is 6.80. The number of nitrogens with one attached hydrogen (secondary N) is 1. The van der Waals surface area contributed by atoms with Gasteiger partial charge in [0, 0.05) is 37.8 Å². The van der Waals surface area contributed by atoms with Crippen molar-refractivity contribution in [3.8, 4) is 5.75 Å². The summed E-state index contributed by atoms with van der Waals surface area (Å²) in [5, 5.41) is 2.93. The Morgan fingerprint density at radius 1 is 1.11 bits per heavy atom. The van der Waals surface area contributed by atoms with Crippen molar-refractivity contribution in [2.75, 3.05) is 38.6 Å². The summed E-state index contributed by atoms with van der Waals surface area (Å²) in [6, 6.07) is 14.5. The smallest absolute Gasteiger partial charge is 0.262 e.